The lowest BCUT2D eigenvalue weighted by molar-refractivity contribution is -0.154. The molecule has 0 aliphatic rings. The number of aromatic nitrogens is 3. The van der Waals surface area contributed by atoms with E-state index in [-0.39, 0.29) is 16.6 Å². The predicted octanol–water partition coefficient (Wildman–Crippen LogP) is 6.04. The van der Waals surface area contributed by atoms with Crippen LogP contribution in [0.1, 0.15) is 25.3 Å². The Morgan fingerprint density at radius 3 is 2.55 bits per heavy atom. The fourth-order valence-electron chi connectivity index (χ4n) is 2.78. The van der Waals surface area contributed by atoms with E-state index in [2.05, 4.69) is 30.3 Å². The number of pyridine rings is 3. The molecule has 3 aromatic heterocycles. The van der Waals surface area contributed by atoms with Crippen LogP contribution in [0.2, 0.25) is 10.2 Å². The van der Waals surface area contributed by atoms with E-state index in [0.29, 0.717) is 21.9 Å². The molecular formula is C19H16Cl2F3N5O2. The van der Waals surface area contributed by atoms with Crippen LogP contribution in [0.3, 0.4) is 0 Å². The zero-order valence-corrected chi connectivity index (χ0v) is 17.7. The summed E-state index contributed by atoms with van der Waals surface area (Å²) in [5.74, 6) is -0.401. The molecule has 7 nitrogen and oxygen atoms in total. The molecule has 2 amide bonds. The largest absolute Gasteiger partial charge is 0.467 e. The number of halogens is 5. The minimum atomic E-state index is -4.52. The molecule has 0 aliphatic heterocycles. The number of hydrogen-bond donors (Lipinski definition) is 2. The van der Waals surface area contributed by atoms with Crippen molar-refractivity contribution in [3.8, 4) is 5.88 Å². The van der Waals surface area contributed by atoms with E-state index in [9.17, 15) is 18.0 Å². The molecule has 0 radical (unpaired) electrons. The lowest BCUT2D eigenvalue weighted by Gasteiger charge is -2.16. The summed E-state index contributed by atoms with van der Waals surface area (Å²) in [7, 11) is 0. The zero-order chi connectivity index (χ0) is 22.8. The van der Waals surface area contributed by atoms with E-state index in [1.807, 2.05) is 13.8 Å². The summed E-state index contributed by atoms with van der Waals surface area (Å²) in [6.07, 6.45) is -1.89. The third-order valence-corrected chi connectivity index (χ3v) is 4.46. The van der Waals surface area contributed by atoms with Crippen LogP contribution in [0, 0.1) is 0 Å². The minimum absolute atomic E-state index is 0.00653. The molecule has 0 atom stereocenters. The van der Waals surface area contributed by atoms with Gasteiger partial charge in [0, 0.05) is 5.56 Å². The molecule has 0 saturated carbocycles. The SMILES string of the molecule is CC(C)c1c(NC(=O)Nc2cnc(OCC(F)(F)F)c(Cl)c2)cnc2ccc(Cl)nc12. The van der Waals surface area contributed by atoms with Gasteiger partial charge in [-0.2, -0.15) is 13.2 Å². The van der Waals surface area contributed by atoms with E-state index >= 15 is 0 Å². The summed E-state index contributed by atoms with van der Waals surface area (Å²) < 4.78 is 41.3. The Labute approximate surface area is 184 Å². The van der Waals surface area contributed by atoms with Crippen molar-refractivity contribution in [2.45, 2.75) is 25.9 Å². The number of alkyl halides is 3. The molecule has 0 spiro atoms. The first-order valence-electron chi connectivity index (χ1n) is 8.91. The summed E-state index contributed by atoms with van der Waals surface area (Å²) in [6, 6.07) is 3.95. The topological polar surface area (TPSA) is 89.0 Å². The number of hydrogen-bond acceptors (Lipinski definition) is 5. The third-order valence-electron chi connectivity index (χ3n) is 3.98. The van der Waals surface area contributed by atoms with Gasteiger partial charge >= 0.3 is 12.2 Å². The van der Waals surface area contributed by atoms with Gasteiger partial charge in [-0.25, -0.2) is 14.8 Å². The zero-order valence-electron chi connectivity index (χ0n) is 16.2. The average molecular weight is 474 g/mol. The fourth-order valence-corrected chi connectivity index (χ4v) is 3.15. The number of nitrogens with zero attached hydrogens (tertiary/aromatic N) is 3. The molecule has 0 fully saturated rings. The number of rotatable bonds is 5. The second-order valence-electron chi connectivity index (χ2n) is 6.74. The number of ether oxygens (including phenoxy) is 1. The van der Waals surface area contributed by atoms with E-state index in [0.717, 1.165) is 11.8 Å². The maximum atomic E-state index is 12.5. The highest BCUT2D eigenvalue weighted by Gasteiger charge is 2.29. The fraction of sp³-hybridized carbons (Fsp3) is 0.263. The van der Waals surface area contributed by atoms with Gasteiger partial charge in [-0.3, -0.25) is 4.98 Å². The molecule has 0 bridgehead atoms. The molecule has 3 aromatic rings. The van der Waals surface area contributed by atoms with Crippen LogP contribution in [0.15, 0.2) is 30.6 Å². The van der Waals surface area contributed by atoms with Crippen LogP contribution in [0.4, 0.5) is 29.3 Å². The van der Waals surface area contributed by atoms with Crippen LogP contribution in [-0.4, -0.2) is 33.8 Å². The third kappa shape index (κ3) is 5.86. The summed E-state index contributed by atoms with van der Waals surface area (Å²) in [6.45, 7) is 2.34. The first-order valence-corrected chi connectivity index (χ1v) is 9.67. The molecule has 0 saturated heterocycles. The summed E-state index contributed by atoms with van der Waals surface area (Å²) in [5.41, 5.74) is 2.53. The van der Waals surface area contributed by atoms with Crippen molar-refractivity contribution >= 4 is 51.6 Å². The smallest absolute Gasteiger partial charge is 0.422 e. The molecule has 0 aromatic carbocycles. The van der Waals surface area contributed by atoms with Crippen LogP contribution < -0.4 is 15.4 Å². The monoisotopic (exact) mass is 473 g/mol. The van der Waals surface area contributed by atoms with Crippen LogP contribution in [-0.2, 0) is 0 Å². The maximum Gasteiger partial charge on any atom is 0.422 e. The van der Waals surface area contributed by atoms with Crippen molar-refractivity contribution < 1.29 is 22.7 Å². The average Bonchev–Trinajstić information content (AvgIpc) is 2.65. The van der Waals surface area contributed by atoms with Gasteiger partial charge in [0.15, 0.2) is 6.61 Å². The maximum absolute atomic E-state index is 12.5. The van der Waals surface area contributed by atoms with Crippen molar-refractivity contribution in [2.24, 2.45) is 0 Å². The lowest BCUT2D eigenvalue weighted by Crippen LogP contribution is -2.21. The van der Waals surface area contributed by atoms with Crippen molar-refractivity contribution in [2.75, 3.05) is 17.2 Å². The summed E-state index contributed by atoms with van der Waals surface area (Å²) in [4.78, 5) is 24.8. The molecular weight excluding hydrogens is 458 g/mol. The normalized spacial score (nSPS) is 11.6. The van der Waals surface area contributed by atoms with Crippen molar-refractivity contribution in [1.29, 1.82) is 0 Å². The van der Waals surface area contributed by atoms with E-state index in [1.54, 1.807) is 12.1 Å². The van der Waals surface area contributed by atoms with Crippen LogP contribution >= 0.6 is 23.2 Å². The first-order chi connectivity index (χ1) is 14.5. The standard InChI is InChI=1S/C19H16Cl2F3N5O2/c1-9(2)15-13(7-25-12-3-4-14(21)29-16(12)15)28-18(30)27-10-5-11(20)17(26-6-10)31-8-19(22,23)24/h3-7,9H,8H2,1-2H3,(H2,27,28,30). The molecule has 0 unspecified atom stereocenters. The molecule has 2 N–H and O–H groups in total. The summed E-state index contributed by atoms with van der Waals surface area (Å²) in [5, 5.41) is 5.31. The quantitative estimate of drug-likeness (QED) is 0.440. The molecule has 31 heavy (non-hydrogen) atoms. The Kier molecular flexibility index (Phi) is 6.71. The highest BCUT2D eigenvalue weighted by molar-refractivity contribution is 6.32. The number of nitrogens with one attached hydrogen (secondary N) is 2. The van der Waals surface area contributed by atoms with E-state index in [4.69, 9.17) is 23.2 Å². The number of carbonyl (C=O) groups is 1. The highest BCUT2D eigenvalue weighted by Crippen LogP contribution is 2.31. The molecule has 12 heteroatoms. The van der Waals surface area contributed by atoms with Crippen molar-refractivity contribution in [3.05, 3.63) is 46.3 Å². The van der Waals surface area contributed by atoms with Gasteiger partial charge in [0.2, 0.25) is 5.88 Å². The second kappa shape index (κ2) is 9.11. The first kappa shape index (κ1) is 22.8. The highest BCUT2D eigenvalue weighted by atomic mass is 35.5. The van der Waals surface area contributed by atoms with Crippen LogP contribution in [0.25, 0.3) is 11.0 Å². The van der Waals surface area contributed by atoms with Gasteiger partial charge in [0.05, 0.1) is 34.8 Å². The number of urea groups is 1. The Morgan fingerprint density at radius 1 is 1.16 bits per heavy atom. The van der Waals surface area contributed by atoms with Gasteiger partial charge in [0.25, 0.3) is 0 Å². The Bertz CT molecular complexity index is 1130. The number of anilines is 2. The predicted molar refractivity (Wildman–Crippen MR) is 112 cm³/mol. The number of carbonyl (C=O) groups excluding carboxylic acids is 1. The van der Waals surface area contributed by atoms with E-state index in [1.165, 1.54) is 12.3 Å². The molecule has 0 aliphatic carbocycles. The molecule has 3 heterocycles. The van der Waals surface area contributed by atoms with Gasteiger partial charge < -0.3 is 15.4 Å². The Hall–Kier alpha value is -2.85. The van der Waals surface area contributed by atoms with Gasteiger partial charge in [-0.1, -0.05) is 37.0 Å². The Morgan fingerprint density at radius 2 is 1.90 bits per heavy atom. The molecule has 3 rings (SSSR count). The number of fused-ring (bicyclic) bond motifs is 1. The van der Waals surface area contributed by atoms with Crippen molar-refractivity contribution in [3.63, 3.8) is 0 Å². The number of amides is 2. The van der Waals surface area contributed by atoms with Gasteiger partial charge in [0.1, 0.15) is 10.2 Å². The lowest BCUT2D eigenvalue weighted by atomic mass is 10.0. The van der Waals surface area contributed by atoms with Gasteiger partial charge in [-0.15, -0.1) is 0 Å². The molecule has 164 valence electrons. The minimum Gasteiger partial charge on any atom is -0.467 e. The van der Waals surface area contributed by atoms with Gasteiger partial charge in [-0.05, 0) is 24.1 Å². The summed E-state index contributed by atoms with van der Waals surface area (Å²) >= 11 is 11.9. The van der Waals surface area contributed by atoms with Crippen LogP contribution in [0.5, 0.6) is 5.88 Å². The van der Waals surface area contributed by atoms with Crippen molar-refractivity contribution in [1.82, 2.24) is 15.0 Å². The Balaban J connectivity index is 1.77. The second-order valence-corrected chi connectivity index (χ2v) is 7.53. The van der Waals surface area contributed by atoms with E-state index < -0.39 is 24.7 Å².